The van der Waals surface area contributed by atoms with Crippen molar-refractivity contribution in [2.75, 3.05) is 32.8 Å². The second-order valence-corrected chi connectivity index (χ2v) is 7.98. The van der Waals surface area contributed by atoms with E-state index in [2.05, 4.69) is 35.4 Å². The van der Waals surface area contributed by atoms with Crippen LogP contribution >= 0.6 is 0 Å². The van der Waals surface area contributed by atoms with Gasteiger partial charge >= 0.3 is 5.97 Å². The Morgan fingerprint density at radius 3 is 2.38 bits per heavy atom. The molecule has 0 unspecified atom stereocenters. The molecule has 32 heavy (non-hydrogen) atoms. The van der Waals surface area contributed by atoms with Gasteiger partial charge in [0, 0.05) is 23.3 Å². The van der Waals surface area contributed by atoms with Crippen LogP contribution in [0.1, 0.15) is 42.4 Å². The van der Waals surface area contributed by atoms with Gasteiger partial charge in [-0.2, -0.15) is 0 Å². The third kappa shape index (κ3) is 5.14. The molecule has 0 saturated carbocycles. The van der Waals surface area contributed by atoms with Crippen LogP contribution in [0.3, 0.4) is 0 Å². The molecule has 6 heteroatoms. The number of rotatable bonds is 10. The summed E-state index contributed by atoms with van der Waals surface area (Å²) in [4.78, 5) is 15.0. The molecule has 1 heterocycles. The van der Waals surface area contributed by atoms with Crippen LogP contribution in [-0.2, 0) is 4.74 Å². The molecule has 0 bridgehead atoms. The average molecular weight is 439 g/mol. The molecule has 0 radical (unpaired) electrons. The number of aliphatic hydroxyl groups is 1. The van der Waals surface area contributed by atoms with E-state index in [-0.39, 0.29) is 12.6 Å². The first-order valence-electron chi connectivity index (χ1n) is 11.3. The number of carbonyl (C=O) groups is 1. The minimum absolute atomic E-state index is 0.189. The molecule has 0 aliphatic heterocycles. The number of carbonyl (C=O) groups excluding carboxylic acids is 1. The zero-order chi connectivity index (χ0) is 23.3. The van der Waals surface area contributed by atoms with Gasteiger partial charge in [-0.3, -0.25) is 0 Å². The van der Waals surface area contributed by atoms with Gasteiger partial charge in [-0.05, 0) is 64.2 Å². The first kappa shape index (κ1) is 23.8. The van der Waals surface area contributed by atoms with Gasteiger partial charge in [0.15, 0.2) is 0 Å². The van der Waals surface area contributed by atoms with Crippen molar-refractivity contribution in [3.05, 3.63) is 59.3 Å². The molecule has 3 aromatic rings. The summed E-state index contributed by atoms with van der Waals surface area (Å²) in [5, 5.41) is 11.1. The van der Waals surface area contributed by atoms with Gasteiger partial charge in [-0.1, -0.05) is 31.5 Å². The average Bonchev–Trinajstić information content (AvgIpc) is 3.07. The molecule has 0 aliphatic carbocycles. The monoisotopic (exact) mass is 438 g/mol. The Kier molecular flexibility index (Phi) is 7.94. The van der Waals surface area contributed by atoms with Crippen LogP contribution in [0.4, 0.5) is 0 Å². The van der Waals surface area contributed by atoms with Crippen molar-refractivity contribution in [1.29, 1.82) is 0 Å². The minimum atomic E-state index is -0.589. The molecule has 1 aromatic heterocycles. The van der Waals surface area contributed by atoms with Crippen molar-refractivity contribution in [1.82, 2.24) is 9.47 Å². The van der Waals surface area contributed by atoms with Crippen LogP contribution in [0.5, 0.6) is 5.75 Å². The maximum Gasteiger partial charge on any atom is 0.340 e. The summed E-state index contributed by atoms with van der Waals surface area (Å²) in [5.41, 5.74) is 4.42. The highest BCUT2D eigenvalue weighted by molar-refractivity contribution is 6.07. The highest BCUT2D eigenvalue weighted by Gasteiger charge is 2.22. The maximum atomic E-state index is 12.8. The zero-order valence-electron chi connectivity index (χ0n) is 19.7. The van der Waals surface area contributed by atoms with Crippen LogP contribution in [0.2, 0.25) is 0 Å². The third-order valence-corrected chi connectivity index (χ3v) is 5.75. The Hall–Kier alpha value is -2.83. The zero-order valence-corrected chi connectivity index (χ0v) is 19.7. The van der Waals surface area contributed by atoms with E-state index >= 15 is 0 Å². The van der Waals surface area contributed by atoms with E-state index in [0.29, 0.717) is 24.5 Å². The first-order valence-corrected chi connectivity index (χ1v) is 11.3. The molecule has 0 saturated heterocycles. The highest BCUT2D eigenvalue weighted by Crippen LogP contribution is 2.32. The fraction of sp³-hybridized carbons (Fsp3) is 0.423. The molecule has 2 aromatic carbocycles. The molecule has 0 spiro atoms. The number of aromatic nitrogens is 1. The maximum absolute atomic E-state index is 12.8. The summed E-state index contributed by atoms with van der Waals surface area (Å²) in [6.45, 7) is 12.8. The summed E-state index contributed by atoms with van der Waals surface area (Å²) in [6, 6.07) is 13.9. The Bertz CT molecular complexity index is 1050. The standard InChI is InChI=1S/C26H34N2O4/c1-6-27(7-2)16-21(29)17-32-22-13-14-24-23(15-22)25(26(30)31-8-3)19(5)28(24)20-11-9-18(4)10-12-20/h9-15,21,29H,6-8,16-17H2,1-5H3/t21-/m0/s1. The van der Waals surface area contributed by atoms with Crippen molar-refractivity contribution >= 4 is 16.9 Å². The van der Waals surface area contributed by atoms with E-state index in [9.17, 15) is 9.90 Å². The van der Waals surface area contributed by atoms with E-state index in [4.69, 9.17) is 9.47 Å². The van der Waals surface area contributed by atoms with Gasteiger partial charge in [-0.25, -0.2) is 4.79 Å². The predicted octanol–water partition coefficient (Wildman–Crippen LogP) is 4.51. The van der Waals surface area contributed by atoms with Gasteiger partial charge < -0.3 is 24.0 Å². The van der Waals surface area contributed by atoms with Crippen LogP contribution in [0.25, 0.3) is 16.6 Å². The lowest BCUT2D eigenvalue weighted by molar-refractivity contribution is 0.0527. The van der Waals surface area contributed by atoms with E-state index in [1.807, 2.05) is 44.2 Å². The molecule has 6 nitrogen and oxygen atoms in total. The Balaban J connectivity index is 1.97. The van der Waals surface area contributed by atoms with Crippen LogP contribution in [-0.4, -0.2) is 59.5 Å². The van der Waals surface area contributed by atoms with Gasteiger partial charge in [-0.15, -0.1) is 0 Å². The van der Waals surface area contributed by atoms with Crippen molar-refractivity contribution < 1.29 is 19.4 Å². The molecule has 0 amide bonds. The second kappa shape index (κ2) is 10.7. The Labute approximate surface area is 190 Å². The van der Waals surface area contributed by atoms with E-state index in [1.54, 1.807) is 6.92 Å². The second-order valence-electron chi connectivity index (χ2n) is 7.98. The molecular weight excluding hydrogens is 404 g/mol. The molecule has 0 aliphatic rings. The SMILES string of the molecule is CCOC(=O)c1c(C)n(-c2ccc(C)cc2)c2ccc(OC[C@@H](O)CN(CC)CC)cc12. The Morgan fingerprint density at radius 2 is 1.75 bits per heavy atom. The molecule has 0 fully saturated rings. The number of benzene rings is 2. The number of hydrogen-bond donors (Lipinski definition) is 1. The van der Waals surface area contributed by atoms with Crippen LogP contribution in [0, 0.1) is 13.8 Å². The largest absolute Gasteiger partial charge is 0.491 e. The first-order chi connectivity index (χ1) is 15.4. The number of aryl methyl sites for hydroxylation is 1. The topological polar surface area (TPSA) is 63.9 Å². The van der Waals surface area contributed by atoms with Crippen LogP contribution in [0.15, 0.2) is 42.5 Å². The number of esters is 1. The minimum Gasteiger partial charge on any atom is -0.491 e. The smallest absolute Gasteiger partial charge is 0.340 e. The number of ether oxygens (including phenoxy) is 2. The fourth-order valence-corrected chi connectivity index (χ4v) is 4.00. The number of likely N-dealkylation sites (N-methyl/N-ethyl adjacent to an activating group) is 1. The van der Waals surface area contributed by atoms with Crippen molar-refractivity contribution in [3.8, 4) is 11.4 Å². The summed E-state index contributed by atoms with van der Waals surface area (Å²) in [7, 11) is 0. The normalized spacial score (nSPS) is 12.3. The number of fused-ring (bicyclic) bond motifs is 1. The lowest BCUT2D eigenvalue weighted by atomic mass is 10.1. The molecule has 1 N–H and O–H groups in total. The van der Waals surface area contributed by atoms with E-state index in [1.165, 1.54) is 5.56 Å². The van der Waals surface area contributed by atoms with E-state index < -0.39 is 6.10 Å². The van der Waals surface area contributed by atoms with Gasteiger partial charge in [0.2, 0.25) is 0 Å². The molecule has 3 rings (SSSR count). The molecule has 1 atom stereocenters. The summed E-state index contributed by atoms with van der Waals surface area (Å²) in [5.74, 6) is 0.266. The predicted molar refractivity (Wildman–Crippen MR) is 128 cm³/mol. The number of aliphatic hydroxyl groups excluding tert-OH is 1. The number of hydrogen-bond acceptors (Lipinski definition) is 5. The lowest BCUT2D eigenvalue weighted by Crippen LogP contribution is -2.35. The highest BCUT2D eigenvalue weighted by atomic mass is 16.5. The van der Waals surface area contributed by atoms with E-state index in [0.717, 1.165) is 35.4 Å². The van der Waals surface area contributed by atoms with Crippen LogP contribution < -0.4 is 4.74 Å². The van der Waals surface area contributed by atoms with Crippen molar-refractivity contribution in [3.63, 3.8) is 0 Å². The molecule has 172 valence electrons. The quantitative estimate of drug-likeness (QED) is 0.472. The number of nitrogens with zero attached hydrogens (tertiary/aromatic N) is 2. The summed E-state index contributed by atoms with van der Waals surface area (Å²) >= 11 is 0. The van der Waals surface area contributed by atoms with Crippen molar-refractivity contribution in [2.24, 2.45) is 0 Å². The fourth-order valence-electron chi connectivity index (χ4n) is 4.00. The Morgan fingerprint density at radius 1 is 1.06 bits per heavy atom. The van der Waals surface area contributed by atoms with Crippen molar-refractivity contribution in [2.45, 2.75) is 40.7 Å². The van der Waals surface area contributed by atoms with Gasteiger partial charge in [0.1, 0.15) is 18.5 Å². The third-order valence-electron chi connectivity index (χ3n) is 5.75. The van der Waals surface area contributed by atoms with Gasteiger partial charge in [0.05, 0.1) is 17.7 Å². The summed E-state index contributed by atoms with van der Waals surface area (Å²) in [6.07, 6.45) is -0.589. The molecular formula is C26H34N2O4. The van der Waals surface area contributed by atoms with Gasteiger partial charge in [0.25, 0.3) is 0 Å². The lowest BCUT2D eigenvalue weighted by Gasteiger charge is -2.22. The summed E-state index contributed by atoms with van der Waals surface area (Å²) < 4.78 is 13.3.